The molecule has 4 rings (SSSR count). The molecule has 10 nitrogen and oxygen atoms in total. The number of nitrogens with zero attached hydrogens (tertiary/aromatic N) is 2. The fraction of sp³-hybridized carbons (Fsp3) is 0.667. The highest BCUT2D eigenvalue weighted by Crippen LogP contribution is 2.31. The number of amides is 2. The summed E-state index contributed by atoms with van der Waals surface area (Å²) in [6.45, 7) is 5.19. The number of likely N-dealkylation sites (tertiary alicyclic amines) is 2. The van der Waals surface area contributed by atoms with Gasteiger partial charge in [-0.3, -0.25) is 10.1 Å². The van der Waals surface area contributed by atoms with E-state index in [0.717, 1.165) is 44.3 Å². The Kier molecular flexibility index (Phi) is 8.64. The van der Waals surface area contributed by atoms with Gasteiger partial charge in [0.1, 0.15) is 6.10 Å². The molecule has 2 N–H and O–H groups in total. The van der Waals surface area contributed by atoms with Crippen LogP contribution in [0.15, 0.2) is 30.3 Å². The number of alkyl carbamates (subject to hydrolysis) is 1. The number of fused-ring (bicyclic) bond motifs is 1. The zero-order valence-corrected chi connectivity index (χ0v) is 21.0. The summed E-state index contributed by atoms with van der Waals surface area (Å²) < 4.78 is 33.3. The Morgan fingerprint density at radius 2 is 1.86 bits per heavy atom. The minimum Gasteiger partial charge on any atom is -0.444 e. The van der Waals surface area contributed by atoms with Gasteiger partial charge in [-0.05, 0) is 23.8 Å². The van der Waals surface area contributed by atoms with Crippen LogP contribution in [0.5, 0.6) is 0 Å². The summed E-state index contributed by atoms with van der Waals surface area (Å²) in [7, 11) is -3.14. The zero-order valence-electron chi connectivity index (χ0n) is 20.2. The SMILES string of the molecule is CS(=O)(=O)CNCC(=O)N1CC2CN(CCC(NC(=O)OC3CCOC3)c3ccccc3)C[C@H]2C1. The Labute approximate surface area is 207 Å². The molecule has 3 saturated heterocycles. The van der Waals surface area contributed by atoms with Gasteiger partial charge in [-0.1, -0.05) is 30.3 Å². The molecule has 3 unspecified atom stereocenters. The molecule has 1 aromatic carbocycles. The Bertz CT molecular complexity index is 955. The molecule has 0 spiro atoms. The first kappa shape index (κ1) is 25.9. The topological polar surface area (TPSA) is 117 Å². The van der Waals surface area contributed by atoms with Crippen LogP contribution in [0.4, 0.5) is 4.79 Å². The van der Waals surface area contributed by atoms with Crippen LogP contribution in [0.1, 0.15) is 24.4 Å². The summed E-state index contributed by atoms with van der Waals surface area (Å²) in [4.78, 5) is 29.2. The first-order chi connectivity index (χ1) is 16.8. The third kappa shape index (κ3) is 7.63. The van der Waals surface area contributed by atoms with E-state index in [4.69, 9.17) is 9.47 Å². The Balaban J connectivity index is 1.24. The van der Waals surface area contributed by atoms with E-state index in [9.17, 15) is 18.0 Å². The van der Waals surface area contributed by atoms with Crippen molar-refractivity contribution >= 4 is 21.8 Å². The number of hydrogen-bond donors (Lipinski definition) is 2. The maximum atomic E-state index is 12.5. The second kappa shape index (κ2) is 11.7. The van der Waals surface area contributed by atoms with Crippen molar-refractivity contribution in [3.63, 3.8) is 0 Å². The van der Waals surface area contributed by atoms with Gasteiger partial charge in [-0.15, -0.1) is 0 Å². The minimum absolute atomic E-state index is 0.0454. The van der Waals surface area contributed by atoms with E-state index in [0.29, 0.717) is 38.1 Å². The molecule has 11 heteroatoms. The van der Waals surface area contributed by atoms with E-state index in [2.05, 4.69) is 15.5 Å². The van der Waals surface area contributed by atoms with E-state index in [1.54, 1.807) is 0 Å². The van der Waals surface area contributed by atoms with Crippen LogP contribution in [0.25, 0.3) is 0 Å². The molecule has 0 saturated carbocycles. The van der Waals surface area contributed by atoms with Crippen molar-refractivity contribution in [2.45, 2.75) is 25.0 Å². The van der Waals surface area contributed by atoms with Crippen LogP contribution in [-0.4, -0.2) is 101 Å². The molecule has 3 aliphatic rings. The van der Waals surface area contributed by atoms with Crippen molar-refractivity contribution in [3.05, 3.63) is 35.9 Å². The Morgan fingerprint density at radius 3 is 2.49 bits per heavy atom. The normalized spacial score (nSPS) is 25.4. The molecule has 3 fully saturated rings. The smallest absolute Gasteiger partial charge is 0.407 e. The van der Waals surface area contributed by atoms with Gasteiger partial charge in [0.2, 0.25) is 5.91 Å². The number of nitrogens with one attached hydrogen (secondary N) is 2. The lowest BCUT2D eigenvalue weighted by Crippen LogP contribution is -2.40. The fourth-order valence-corrected chi connectivity index (χ4v) is 5.66. The fourth-order valence-electron chi connectivity index (χ4n) is 5.18. The van der Waals surface area contributed by atoms with Crippen LogP contribution < -0.4 is 10.6 Å². The molecule has 0 bridgehead atoms. The van der Waals surface area contributed by atoms with Crippen LogP contribution >= 0.6 is 0 Å². The number of carbonyl (C=O) groups excluding carboxylic acids is 2. The molecule has 194 valence electrons. The molecule has 3 aliphatic heterocycles. The molecule has 0 radical (unpaired) electrons. The van der Waals surface area contributed by atoms with Gasteiger partial charge in [0, 0.05) is 45.4 Å². The average Bonchev–Trinajstić information content (AvgIpc) is 3.53. The van der Waals surface area contributed by atoms with E-state index < -0.39 is 15.9 Å². The van der Waals surface area contributed by atoms with Crippen LogP contribution in [0, 0.1) is 11.8 Å². The summed E-state index contributed by atoms with van der Waals surface area (Å²) in [5, 5.41) is 5.76. The van der Waals surface area contributed by atoms with Crippen LogP contribution in [0.2, 0.25) is 0 Å². The summed E-state index contributed by atoms with van der Waals surface area (Å²) in [6, 6.07) is 9.78. The van der Waals surface area contributed by atoms with E-state index >= 15 is 0 Å². The number of ether oxygens (including phenoxy) is 2. The predicted molar refractivity (Wildman–Crippen MR) is 130 cm³/mol. The van der Waals surface area contributed by atoms with E-state index in [1.807, 2.05) is 35.2 Å². The molecular formula is C24H36N4O6S. The van der Waals surface area contributed by atoms with Gasteiger partial charge in [-0.25, -0.2) is 13.2 Å². The van der Waals surface area contributed by atoms with Crippen molar-refractivity contribution in [3.8, 4) is 0 Å². The van der Waals surface area contributed by atoms with Gasteiger partial charge in [0.05, 0.1) is 31.7 Å². The summed E-state index contributed by atoms with van der Waals surface area (Å²) in [5.41, 5.74) is 1.05. The molecular weight excluding hydrogens is 472 g/mol. The first-order valence-corrected chi connectivity index (χ1v) is 14.3. The second-order valence-electron chi connectivity index (χ2n) is 9.86. The lowest BCUT2D eigenvalue weighted by molar-refractivity contribution is -0.129. The number of hydrogen-bond acceptors (Lipinski definition) is 8. The van der Waals surface area contributed by atoms with Crippen molar-refractivity contribution in [2.24, 2.45) is 11.8 Å². The van der Waals surface area contributed by atoms with E-state index in [1.165, 1.54) is 0 Å². The number of benzene rings is 1. The van der Waals surface area contributed by atoms with Gasteiger partial charge < -0.3 is 24.6 Å². The molecule has 1 aromatic rings. The Morgan fingerprint density at radius 1 is 1.14 bits per heavy atom. The van der Waals surface area contributed by atoms with Crippen molar-refractivity contribution in [2.75, 3.05) is 64.6 Å². The van der Waals surface area contributed by atoms with Crippen molar-refractivity contribution in [1.29, 1.82) is 0 Å². The molecule has 3 heterocycles. The van der Waals surface area contributed by atoms with Crippen LogP contribution in [-0.2, 0) is 24.1 Å². The van der Waals surface area contributed by atoms with E-state index in [-0.39, 0.29) is 30.5 Å². The largest absolute Gasteiger partial charge is 0.444 e. The summed E-state index contributed by atoms with van der Waals surface area (Å²) in [5.74, 6) is 0.606. The zero-order chi connectivity index (χ0) is 24.8. The minimum atomic E-state index is -3.14. The van der Waals surface area contributed by atoms with Gasteiger partial charge in [-0.2, -0.15) is 0 Å². The summed E-state index contributed by atoms with van der Waals surface area (Å²) in [6.07, 6.45) is 2.04. The maximum absolute atomic E-state index is 12.5. The maximum Gasteiger partial charge on any atom is 0.407 e. The highest BCUT2D eigenvalue weighted by molar-refractivity contribution is 7.90. The standard InChI is InChI=1S/C24H36N4O6S/c1-35(31,32)17-25-11-23(29)28-14-19-12-27(13-20(19)15-28)9-7-22(18-5-3-2-4-6-18)26-24(30)34-21-8-10-33-16-21/h2-6,19-22,25H,7-17H2,1H3,(H,26,30)/t19-,20?,21?,22?/m0/s1. The number of sulfone groups is 1. The van der Waals surface area contributed by atoms with Crippen molar-refractivity contribution < 1.29 is 27.5 Å². The first-order valence-electron chi connectivity index (χ1n) is 12.3. The second-order valence-corrected chi connectivity index (χ2v) is 12.0. The Hall–Kier alpha value is -2.21. The molecule has 4 atom stereocenters. The van der Waals surface area contributed by atoms with Gasteiger partial charge in [0.25, 0.3) is 0 Å². The average molecular weight is 509 g/mol. The predicted octanol–water partition coefficient (Wildman–Crippen LogP) is 0.615. The number of carbonyl (C=O) groups is 2. The van der Waals surface area contributed by atoms with Gasteiger partial charge >= 0.3 is 6.09 Å². The van der Waals surface area contributed by atoms with Gasteiger partial charge in [0.15, 0.2) is 9.84 Å². The quantitative estimate of drug-likeness (QED) is 0.472. The monoisotopic (exact) mass is 508 g/mol. The molecule has 0 aromatic heterocycles. The highest BCUT2D eigenvalue weighted by Gasteiger charge is 2.41. The summed E-state index contributed by atoms with van der Waals surface area (Å²) >= 11 is 0. The van der Waals surface area contributed by atoms with Crippen molar-refractivity contribution in [1.82, 2.24) is 20.4 Å². The lowest BCUT2D eigenvalue weighted by Gasteiger charge is -2.25. The number of rotatable bonds is 10. The molecule has 0 aliphatic carbocycles. The molecule has 2 amide bonds. The lowest BCUT2D eigenvalue weighted by atomic mass is 10.0. The highest BCUT2D eigenvalue weighted by atomic mass is 32.2. The molecule has 35 heavy (non-hydrogen) atoms. The third-order valence-corrected chi connectivity index (χ3v) is 7.67. The third-order valence-electron chi connectivity index (χ3n) is 6.94. The van der Waals surface area contributed by atoms with Crippen LogP contribution in [0.3, 0.4) is 0 Å².